The number of aromatic nitrogens is 5. The maximum absolute atomic E-state index is 12.7. The Bertz CT molecular complexity index is 933. The Morgan fingerprint density at radius 1 is 1.23 bits per heavy atom. The lowest BCUT2D eigenvalue weighted by Crippen LogP contribution is -2.39. The van der Waals surface area contributed by atoms with Gasteiger partial charge in [-0.1, -0.05) is 30.3 Å². The van der Waals surface area contributed by atoms with Crippen LogP contribution < -0.4 is 0 Å². The summed E-state index contributed by atoms with van der Waals surface area (Å²) in [6, 6.07) is 9.49. The van der Waals surface area contributed by atoms with E-state index in [1.54, 1.807) is 11.4 Å². The van der Waals surface area contributed by atoms with Gasteiger partial charge in [-0.05, 0) is 5.56 Å². The molecule has 1 aliphatic heterocycles. The second-order valence-corrected chi connectivity index (χ2v) is 5.92. The van der Waals surface area contributed by atoms with Crippen molar-refractivity contribution in [2.45, 2.75) is 18.6 Å². The molecule has 2 aromatic heterocycles. The van der Waals surface area contributed by atoms with E-state index in [9.17, 15) is 18.0 Å². The third kappa shape index (κ3) is 2.83. The second kappa shape index (κ2) is 5.97. The van der Waals surface area contributed by atoms with Crippen molar-refractivity contribution < 1.29 is 18.0 Å². The molecular formula is C16H13F3N6O. The lowest BCUT2D eigenvalue weighted by molar-refractivity contribution is -0.144. The highest BCUT2D eigenvalue weighted by atomic mass is 19.4. The number of hydrogen-bond acceptors (Lipinski definition) is 4. The fraction of sp³-hybridized carbons (Fsp3) is 0.250. The normalized spacial score (nSPS) is 17.2. The van der Waals surface area contributed by atoms with Crippen LogP contribution in [0.15, 0.2) is 36.7 Å². The highest BCUT2D eigenvalue weighted by Crippen LogP contribution is 2.32. The Kier molecular flexibility index (Phi) is 3.74. The van der Waals surface area contributed by atoms with Gasteiger partial charge in [-0.25, -0.2) is 4.98 Å². The number of nitrogens with zero attached hydrogens (tertiary/aromatic N) is 4. The molecule has 3 heterocycles. The van der Waals surface area contributed by atoms with Gasteiger partial charge < -0.3 is 9.88 Å². The average molecular weight is 362 g/mol. The van der Waals surface area contributed by atoms with Crippen LogP contribution in [-0.4, -0.2) is 42.5 Å². The van der Waals surface area contributed by atoms with Crippen molar-refractivity contribution in [2.24, 2.45) is 0 Å². The number of halogens is 3. The summed E-state index contributed by atoms with van der Waals surface area (Å²) in [7, 11) is 0. The predicted octanol–water partition coefficient (Wildman–Crippen LogP) is 2.33. The zero-order valence-corrected chi connectivity index (χ0v) is 13.3. The Labute approximate surface area is 145 Å². The summed E-state index contributed by atoms with van der Waals surface area (Å²) in [6.07, 6.45) is -3.14. The Morgan fingerprint density at radius 2 is 2.00 bits per heavy atom. The molecule has 26 heavy (non-hydrogen) atoms. The molecule has 0 radical (unpaired) electrons. The van der Waals surface area contributed by atoms with Crippen LogP contribution >= 0.6 is 0 Å². The fourth-order valence-electron chi connectivity index (χ4n) is 3.05. The van der Waals surface area contributed by atoms with Crippen LogP contribution in [0.1, 0.15) is 39.3 Å². The summed E-state index contributed by atoms with van der Waals surface area (Å²) >= 11 is 0. The molecule has 0 aliphatic carbocycles. The molecule has 1 unspecified atom stereocenters. The van der Waals surface area contributed by atoms with Crippen molar-refractivity contribution in [3.8, 4) is 0 Å². The highest BCUT2D eigenvalue weighted by Gasteiger charge is 2.38. The van der Waals surface area contributed by atoms with Gasteiger partial charge in [0.1, 0.15) is 0 Å². The molecule has 0 fully saturated rings. The number of amides is 1. The standard InChI is InChI=1S/C16H13F3N6O/c17-16(18,19)15-22-13(23-24-15)14(26)25-6-10(9-4-2-1-3-5-9)12-11(7-25)20-8-21-12/h1-5,8,10H,6-7H2,(H,20,21)(H,22,23,24). The van der Waals surface area contributed by atoms with Gasteiger partial charge in [-0.15, -0.1) is 5.10 Å². The van der Waals surface area contributed by atoms with E-state index in [0.29, 0.717) is 0 Å². The van der Waals surface area contributed by atoms with Crippen LogP contribution in [0.3, 0.4) is 0 Å². The van der Waals surface area contributed by atoms with Crippen LogP contribution in [-0.2, 0) is 12.7 Å². The topological polar surface area (TPSA) is 90.6 Å². The van der Waals surface area contributed by atoms with Gasteiger partial charge in [0.25, 0.3) is 5.91 Å². The van der Waals surface area contributed by atoms with Crippen molar-refractivity contribution in [3.63, 3.8) is 0 Å². The summed E-state index contributed by atoms with van der Waals surface area (Å²) < 4.78 is 38.0. The molecule has 7 nitrogen and oxygen atoms in total. The number of imidazole rings is 1. The SMILES string of the molecule is O=C(c1n[nH]c(C(F)(F)F)n1)N1Cc2[nH]cnc2C(c2ccccc2)C1. The first-order valence-corrected chi connectivity index (χ1v) is 7.79. The smallest absolute Gasteiger partial charge is 0.347 e. The van der Waals surface area contributed by atoms with Gasteiger partial charge in [-0.2, -0.15) is 18.2 Å². The molecular weight excluding hydrogens is 349 g/mol. The van der Waals surface area contributed by atoms with Gasteiger partial charge in [-0.3, -0.25) is 9.89 Å². The van der Waals surface area contributed by atoms with E-state index in [1.165, 1.54) is 4.90 Å². The molecule has 4 rings (SSSR count). The molecule has 134 valence electrons. The first kappa shape index (κ1) is 16.3. The molecule has 1 aliphatic rings. The zero-order chi connectivity index (χ0) is 18.3. The lowest BCUT2D eigenvalue weighted by atomic mass is 9.91. The number of H-pyrrole nitrogens is 2. The Balaban J connectivity index is 1.64. The molecule has 0 bridgehead atoms. The van der Waals surface area contributed by atoms with Crippen molar-refractivity contribution in [1.29, 1.82) is 0 Å². The minimum Gasteiger partial charge on any atom is -0.347 e. The van der Waals surface area contributed by atoms with Crippen LogP contribution in [0.5, 0.6) is 0 Å². The second-order valence-electron chi connectivity index (χ2n) is 5.92. The first-order chi connectivity index (χ1) is 12.4. The van der Waals surface area contributed by atoms with E-state index in [0.717, 1.165) is 17.0 Å². The summed E-state index contributed by atoms with van der Waals surface area (Å²) in [5.74, 6) is -2.65. The van der Waals surface area contributed by atoms with E-state index in [2.05, 4.69) is 20.1 Å². The van der Waals surface area contributed by atoms with Gasteiger partial charge >= 0.3 is 6.18 Å². The largest absolute Gasteiger partial charge is 0.451 e. The Morgan fingerprint density at radius 3 is 2.69 bits per heavy atom. The van der Waals surface area contributed by atoms with Crippen molar-refractivity contribution >= 4 is 5.91 Å². The molecule has 1 amide bonds. The molecule has 10 heteroatoms. The maximum Gasteiger partial charge on any atom is 0.451 e. The predicted molar refractivity (Wildman–Crippen MR) is 83.0 cm³/mol. The van der Waals surface area contributed by atoms with Crippen LogP contribution in [0.25, 0.3) is 0 Å². The highest BCUT2D eigenvalue weighted by molar-refractivity contribution is 5.90. The van der Waals surface area contributed by atoms with Crippen molar-refractivity contribution in [3.05, 3.63) is 65.3 Å². The number of carbonyl (C=O) groups is 1. The van der Waals surface area contributed by atoms with Crippen LogP contribution in [0.4, 0.5) is 13.2 Å². The number of nitrogens with one attached hydrogen (secondary N) is 2. The minimum atomic E-state index is -4.68. The molecule has 0 saturated carbocycles. The third-order valence-corrected chi connectivity index (χ3v) is 4.27. The molecule has 2 N–H and O–H groups in total. The van der Waals surface area contributed by atoms with Crippen molar-refractivity contribution in [1.82, 2.24) is 30.0 Å². The molecule has 1 atom stereocenters. The monoisotopic (exact) mass is 362 g/mol. The average Bonchev–Trinajstić information content (AvgIpc) is 3.30. The third-order valence-electron chi connectivity index (χ3n) is 4.27. The molecule has 0 saturated heterocycles. The van der Waals surface area contributed by atoms with E-state index in [1.807, 2.05) is 30.3 Å². The zero-order valence-electron chi connectivity index (χ0n) is 13.3. The van der Waals surface area contributed by atoms with Gasteiger partial charge in [0.05, 0.1) is 24.3 Å². The van der Waals surface area contributed by atoms with E-state index in [-0.39, 0.29) is 19.0 Å². The maximum atomic E-state index is 12.7. The fourth-order valence-corrected chi connectivity index (χ4v) is 3.05. The minimum absolute atomic E-state index is 0.184. The van der Waals surface area contributed by atoms with Crippen LogP contribution in [0, 0.1) is 0 Å². The van der Waals surface area contributed by atoms with Crippen molar-refractivity contribution in [2.75, 3.05) is 6.54 Å². The summed E-state index contributed by atoms with van der Waals surface area (Å²) in [4.78, 5) is 24.7. The first-order valence-electron chi connectivity index (χ1n) is 7.79. The summed E-state index contributed by atoms with van der Waals surface area (Å²) in [6.45, 7) is 0.476. The van der Waals surface area contributed by atoms with Gasteiger partial charge in [0.2, 0.25) is 11.6 Å². The molecule has 3 aromatic rings. The number of hydrogen-bond donors (Lipinski definition) is 2. The van der Waals surface area contributed by atoms with Crippen LogP contribution in [0.2, 0.25) is 0 Å². The number of fused-ring (bicyclic) bond motifs is 1. The van der Waals surface area contributed by atoms with Gasteiger partial charge in [0, 0.05) is 12.5 Å². The number of benzene rings is 1. The Hall–Kier alpha value is -3.17. The summed E-state index contributed by atoms with van der Waals surface area (Å²) in [5, 5.41) is 5.20. The number of alkyl halides is 3. The number of rotatable bonds is 2. The number of aromatic amines is 2. The quantitative estimate of drug-likeness (QED) is 0.732. The molecule has 0 spiro atoms. The van der Waals surface area contributed by atoms with Gasteiger partial charge in [0.15, 0.2) is 0 Å². The van der Waals surface area contributed by atoms with E-state index < -0.39 is 23.7 Å². The summed E-state index contributed by atoms with van der Waals surface area (Å²) in [5.41, 5.74) is 2.53. The number of carbonyl (C=O) groups excluding carboxylic acids is 1. The van der Waals surface area contributed by atoms with E-state index in [4.69, 9.17) is 0 Å². The lowest BCUT2D eigenvalue weighted by Gasteiger charge is -2.31. The van der Waals surface area contributed by atoms with E-state index >= 15 is 0 Å². The molecule has 1 aromatic carbocycles.